The van der Waals surface area contributed by atoms with Crippen LogP contribution in [0, 0.1) is 9.39 Å². The molecule has 1 aromatic heterocycles. The number of fused-ring (bicyclic) bond motifs is 1. The van der Waals surface area contributed by atoms with Crippen molar-refractivity contribution in [1.82, 2.24) is 9.55 Å². The number of aromatic nitrogens is 2. The van der Waals surface area contributed by atoms with Gasteiger partial charge >= 0.3 is 5.97 Å². The lowest BCUT2D eigenvalue weighted by molar-refractivity contribution is -0.141. The van der Waals surface area contributed by atoms with Crippen LogP contribution in [0.1, 0.15) is 5.82 Å². The topological polar surface area (TPSA) is 44.1 Å². The molecule has 18 heavy (non-hydrogen) atoms. The van der Waals surface area contributed by atoms with Crippen molar-refractivity contribution in [2.45, 2.75) is 12.4 Å². The summed E-state index contributed by atoms with van der Waals surface area (Å²) in [5.41, 5.74) is 1.15. The van der Waals surface area contributed by atoms with Crippen LogP contribution in [-0.2, 0) is 22.0 Å². The van der Waals surface area contributed by atoms with Gasteiger partial charge in [-0.05, 0) is 28.7 Å². The van der Waals surface area contributed by atoms with Crippen LogP contribution in [0.15, 0.2) is 12.1 Å². The summed E-state index contributed by atoms with van der Waals surface area (Å²) in [6, 6.07) is 2.97. The van der Waals surface area contributed by atoms with E-state index in [-0.39, 0.29) is 18.2 Å². The van der Waals surface area contributed by atoms with E-state index in [4.69, 9.17) is 11.6 Å². The smallest absolute Gasteiger partial charge is 0.325 e. The number of hydrogen-bond donors (Lipinski definition) is 0. The van der Waals surface area contributed by atoms with Gasteiger partial charge < -0.3 is 9.30 Å². The molecule has 0 spiro atoms. The van der Waals surface area contributed by atoms with Gasteiger partial charge in [0.2, 0.25) is 0 Å². The molecule has 1 heterocycles. The minimum Gasteiger partial charge on any atom is -0.468 e. The Morgan fingerprint density at radius 1 is 1.61 bits per heavy atom. The summed E-state index contributed by atoms with van der Waals surface area (Å²) < 4.78 is 20.2. The standard InChI is InChI=1S/C11H9ClFIN2O2/c1-18-11(17)5-16-9-2-6(13)7(14)3-8(9)15-10(16)4-12/h2-3H,4-5H2,1H3. The predicted molar refractivity (Wildman–Crippen MR) is 74.0 cm³/mol. The Morgan fingerprint density at radius 2 is 2.33 bits per heavy atom. The summed E-state index contributed by atoms with van der Waals surface area (Å²) in [7, 11) is 1.30. The van der Waals surface area contributed by atoms with Gasteiger partial charge in [-0.3, -0.25) is 4.79 Å². The van der Waals surface area contributed by atoms with Gasteiger partial charge in [0, 0.05) is 6.07 Å². The van der Waals surface area contributed by atoms with Crippen molar-refractivity contribution >= 4 is 51.2 Å². The maximum atomic E-state index is 13.6. The van der Waals surface area contributed by atoms with Crippen molar-refractivity contribution in [3.63, 3.8) is 0 Å². The van der Waals surface area contributed by atoms with Crippen molar-refractivity contribution in [2.24, 2.45) is 0 Å². The third-order valence-electron chi connectivity index (χ3n) is 2.50. The molecule has 0 atom stereocenters. The molecule has 0 unspecified atom stereocenters. The number of alkyl halides is 1. The Balaban J connectivity index is 2.61. The molecule has 96 valence electrons. The molecule has 0 saturated carbocycles. The first-order chi connectivity index (χ1) is 8.56. The van der Waals surface area contributed by atoms with Gasteiger partial charge in [-0.25, -0.2) is 9.37 Å². The van der Waals surface area contributed by atoms with E-state index < -0.39 is 5.97 Å². The number of methoxy groups -OCH3 is 1. The van der Waals surface area contributed by atoms with Crippen molar-refractivity contribution in [1.29, 1.82) is 0 Å². The second kappa shape index (κ2) is 5.40. The van der Waals surface area contributed by atoms with Crippen LogP contribution < -0.4 is 0 Å². The van der Waals surface area contributed by atoms with Gasteiger partial charge in [-0.2, -0.15) is 0 Å². The van der Waals surface area contributed by atoms with Gasteiger partial charge in [0.1, 0.15) is 18.2 Å². The molecule has 4 nitrogen and oxygen atoms in total. The van der Waals surface area contributed by atoms with E-state index in [0.29, 0.717) is 20.4 Å². The van der Waals surface area contributed by atoms with Gasteiger partial charge in [0.05, 0.1) is 27.6 Å². The Hall–Kier alpha value is -0.890. The lowest BCUT2D eigenvalue weighted by Gasteiger charge is -2.06. The number of hydrogen-bond acceptors (Lipinski definition) is 3. The number of halogens is 3. The second-order valence-corrected chi connectivity index (χ2v) is 5.01. The molecule has 0 radical (unpaired) electrons. The van der Waals surface area contributed by atoms with E-state index in [9.17, 15) is 9.18 Å². The third kappa shape index (κ3) is 2.44. The normalized spacial score (nSPS) is 10.9. The van der Waals surface area contributed by atoms with Crippen molar-refractivity contribution < 1.29 is 13.9 Å². The zero-order chi connectivity index (χ0) is 13.3. The van der Waals surface area contributed by atoms with Gasteiger partial charge in [-0.15, -0.1) is 11.6 Å². The maximum Gasteiger partial charge on any atom is 0.325 e. The molecule has 2 rings (SSSR count). The molecule has 7 heteroatoms. The molecule has 0 aliphatic rings. The average molecular weight is 383 g/mol. The van der Waals surface area contributed by atoms with E-state index in [0.717, 1.165) is 0 Å². The molecule has 0 fully saturated rings. The third-order valence-corrected chi connectivity index (χ3v) is 3.57. The molecule has 0 bridgehead atoms. The van der Waals surface area contributed by atoms with Crippen LogP contribution in [-0.4, -0.2) is 22.6 Å². The Labute approximate surface area is 121 Å². The largest absolute Gasteiger partial charge is 0.468 e. The SMILES string of the molecule is COC(=O)Cn1c(CCl)nc2cc(I)c(F)cc21. The highest BCUT2D eigenvalue weighted by Gasteiger charge is 2.15. The predicted octanol–water partition coefficient (Wildman–Crippen LogP) is 2.69. The summed E-state index contributed by atoms with van der Waals surface area (Å²) in [5, 5.41) is 0. The van der Waals surface area contributed by atoms with E-state index in [1.54, 1.807) is 10.6 Å². The van der Waals surface area contributed by atoms with Crippen LogP contribution in [0.3, 0.4) is 0 Å². The van der Waals surface area contributed by atoms with Crippen LogP contribution in [0.2, 0.25) is 0 Å². The number of carbonyl (C=O) groups is 1. The molecular formula is C11H9ClFIN2O2. The quantitative estimate of drug-likeness (QED) is 0.466. The summed E-state index contributed by atoms with van der Waals surface area (Å²) in [6.07, 6.45) is 0. The zero-order valence-electron chi connectivity index (χ0n) is 9.41. The van der Waals surface area contributed by atoms with E-state index in [1.165, 1.54) is 13.2 Å². The first-order valence-electron chi connectivity index (χ1n) is 5.03. The zero-order valence-corrected chi connectivity index (χ0v) is 12.3. The van der Waals surface area contributed by atoms with Crippen molar-refractivity contribution in [2.75, 3.05) is 7.11 Å². The lowest BCUT2D eigenvalue weighted by atomic mass is 10.3. The number of imidazole rings is 1. The maximum absolute atomic E-state index is 13.6. The Morgan fingerprint density at radius 3 is 2.94 bits per heavy atom. The lowest BCUT2D eigenvalue weighted by Crippen LogP contribution is -2.13. The minimum absolute atomic E-state index is 0.0327. The fourth-order valence-electron chi connectivity index (χ4n) is 1.64. The molecule has 0 aliphatic heterocycles. The second-order valence-electron chi connectivity index (χ2n) is 3.58. The highest BCUT2D eigenvalue weighted by atomic mass is 127. The highest BCUT2D eigenvalue weighted by molar-refractivity contribution is 14.1. The fraction of sp³-hybridized carbons (Fsp3) is 0.273. The summed E-state index contributed by atoms with van der Waals surface area (Å²) in [6.45, 7) is -0.0327. The van der Waals surface area contributed by atoms with E-state index >= 15 is 0 Å². The molecule has 0 N–H and O–H groups in total. The number of benzene rings is 1. The average Bonchev–Trinajstić information content (AvgIpc) is 2.67. The van der Waals surface area contributed by atoms with Gasteiger partial charge in [0.25, 0.3) is 0 Å². The van der Waals surface area contributed by atoms with Crippen molar-refractivity contribution in [3.8, 4) is 0 Å². The van der Waals surface area contributed by atoms with E-state index in [2.05, 4.69) is 9.72 Å². The Kier molecular flexibility index (Phi) is 4.06. The molecular weight excluding hydrogens is 373 g/mol. The molecule has 2 aromatic rings. The van der Waals surface area contributed by atoms with Crippen LogP contribution >= 0.6 is 34.2 Å². The van der Waals surface area contributed by atoms with Crippen molar-refractivity contribution in [3.05, 3.63) is 27.3 Å². The first kappa shape index (κ1) is 13.5. The van der Waals surface area contributed by atoms with Crippen LogP contribution in [0.5, 0.6) is 0 Å². The Bertz CT molecular complexity index is 615. The number of nitrogens with zero attached hydrogens (tertiary/aromatic N) is 2. The first-order valence-corrected chi connectivity index (χ1v) is 6.65. The monoisotopic (exact) mass is 382 g/mol. The number of carbonyl (C=O) groups excluding carboxylic acids is 1. The minimum atomic E-state index is -0.431. The molecule has 1 aromatic carbocycles. The molecule has 0 amide bonds. The van der Waals surface area contributed by atoms with E-state index in [1.807, 2.05) is 22.6 Å². The fourth-order valence-corrected chi connectivity index (χ4v) is 2.30. The molecule has 0 aliphatic carbocycles. The number of rotatable bonds is 3. The number of esters is 1. The number of ether oxygens (including phenoxy) is 1. The van der Waals surface area contributed by atoms with Crippen LogP contribution in [0.4, 0.5) is 4.39 Å². The van der Waals surface area contributed by atoms with Crippen LogP contribution in [0.25, 0.3) is 11.0 Å². The van der Waals surface area contributed by atoms with Gasteiger partial charge in [0.15, 0.2) is 0 Å². The molecule has 0 saturated heterocycles. The summed E-state index contributed by atoms with van der Waals surface area (Å²) in [4.78, 5) is 15.6. The van der Waals surface area contributed by atoms with Gasteiger partial charge in [-0.1, -0.05) is 0 Å². The summed E-state index contributed by atoms with van der Waals surface area (Å²) >= 11 is 7.67. The highest BCUT2D eigenvalue weighted by Crippen LogP contribution is 2.22. The summed E-state index contributed by atoms with van der Waals surface area (Å²) in [5.74, 6) is -0.127.